The molecule has 1 aromatic carbocycles. The smallest absolute Gasteiger partial charge is 0.126 e. The van der Waals surface area contributed by atoms with Crippen molar-refractivity contribution in [3.8, 4) is 0 Å². The minimum Gasteiger partial charge on any atom is -0.207 e. The first-order valence-electron chi connectivity index (χ1n) is 3.16. The normalized spacial score (nSPS) is 10.2. The number of rotatable bonds is 1. The van der Waals surface area contributed by atoms with Crippen LogP contribution >= 0.6 is 27.5 Å². The first-order chi connectivity index (χ1) is 5.16. The van der Waals surface area contributed by atoms with Crippen LogP contribution in [0.3, 0.4) is 0 Å². The third kappa shape index (κ3) is 1.74. The Kier molecular flexibility index (Phi) is 2.90. The molecule has 0 aromatic heterocycles. The average Bonchev–Trinajstić information content (AvgIpc) is 1.99. The molecule has 0 heterocycles. The summed E-state index contributed by atoms with van der Waals surface area (Å²) in [5.74, 6) is 0.133. The summed E-state index contributed by atoms with van der Waals surface area (Å²) < 4.78 is 13.7. The second-order valence-electron chi connectivity index (χ2n) is 2.27. The number of benzene rings is 1. The van der Waals surface area contributed by atoms with Gasteiger partial charge >= 0.3 is 0 Å². The van der Waals surface area contributed by atoms with E-state index in [1.165, 1.54) is 6.07 Å². The molecule has 1 aromatic rings. The maximum Gasteiger partial charge on any atom is 0.126 e. The van der Waals surface area contributed by atoms with Gasteiger partial charge in [0.15, 0.2) is 0 Å². The van der Waals surface area contributed by atoms with E-state index in [1.807, 2.05) is 0 Å². The van der Waals surface area contributed by atoms with Gasteiger partial charge in [0.1, 0.15) is 5.82 Å². The molecule has 0 atom stereocenters. The molecule has 1 rings (SSSR count). The number of hydrogen-bond acceptors (Lipinski definition) is 0. The molecule has 0 unspecified atom stereocenters. The summed E-state index contributed by atoms with van der Waals surface area (Å²) in [7, 11) is 0. The zero-order chi connectivity index (χ0) is 8.43. The molecule has 11 heavy (non-hydrogen) atoms. The van der Waals surface area contributed by atoms with Crippen molar-refractivity contribution in [1.29, 1.82) is 0 Å². The van der Waals surface area contributed by atoms with E-state index in [2.05, 4.69) is 15.9 Å². The van der Waals surface area contributed by atoms with Crippen molar-refractivity contribution in [2.24, 2.45) is 0 Å². The molecule has 0 radical (unpaired) electrons. The summed E-state index contributed by atoms with van der Waals surface area (Å²) in [6.07, 6.45) is 0. The summed E-state index contributed by atoms with van der Waals surface area (Å²) in [6, 6.07) is 3.09. The van der Waals surface area contributed by atoms with E-state index in [4.69, 9.17) is 11.6 Å². The van der Waals surface area contributed by atoms with Crippen LogP contribution in [0.5, 0.6) is 0 Å². The van der Waals surface area contributed by atoms with Gasteiger partial charge in [-0.1, -0.05) is 15.9 Å². The fourth-order valence-corrected chi connectivity index (χ4v) is 1.93. The maximum absolute atomic E-state index is 12.9. The standard InChI is InChI=1S/C8H7BrClF/c1-5-6(4-10)7(9)2-3-8(5)11/h2-3H,4H2,1H3. The van der Waals surface area contributed by atoms with Gasteiger partial charge in [-0.2, -0.15) is 0 Å². The van der Waals surface area contributed by atoms with Crippen LogP contribution < -0.4 is 0 Å². The van der Waals surface area contributed by atoms with E-state index in [1.54, 1.807) is 13.0 Å². The van der Waals surface area contributed by atoms with E-state index in [9.17, 15) is 4.39 Å². The molecular weight excluding hydrogens is 230 g/mol. The highest BCUT2D eigenvalue weighted by Crippen LogP contribution is 2.23. The molecule has 0 bridgehead atoms. The molecule has 0 saturated carbocycles. The van der Waals surface area contributed by atoms with E-state index < -0.39 is 0 Å². The second-order valence-corrected chi connectivity index (χ2v) is 3.39. The predicted octanol–water partition coefficient (Wildman–Crippen LogP) is 3.64. The lowest BCUT2D eigenvalue weighted by Crippen LogP contribution is -1.90. The van der Waals surface area contributed by atoms with Crippen LogP contribution in [0, 0.1) is 12.7 Å². The average molecular weight is 237 g/mol. The highest BCUT2D eigenvalue weighted by Gasteiger charge is 2.05. The van der Waals surface area contributed by atoms with Crippen molar-refractivity contribution in [3.63, 3.8) is 0 Å². The highest BCUT2D eigenvalue weighted by molar-refractivity contribution is 9.10. The molecular formula is C8H7BrClF. The molecule has 0 saturated heterocycles. The van der Waals surface area contributed by atoms with Crippen LogP contribution in [-0.4, -0.2) is 0 Å². The van der Waals surface area contributed by atoms with Crippen molar-refractivity contribution in [3.05, 3.63) is 33.5 Å². The van der Waals surface area contributed by atoms with Gasteiger partial charge in [-0.25, -0.2) is 4.39 Å². The van der Waals surface area contributed by atoms with Gasteiger partial charge in [0.05, 0.1) is 0 Å². The Bertz CT molecular complexity index is 273. The molecule has 3 heteroatoms. The van der Waals surface area contributed by atoms with Gasteiger partial charge in [-0.05, 0) is 30.2 Å². The molecule has 0 aliphatic heterocycles. The van der Waals surface area contributed by atoms with Crippen molar-refractivity contribution in [1.82, 2.24) is 0 Å². The van der Waals surface area contributed by atoms with E-state index in [0.29, 0.717) is 11.4 Å². The zero-order valence-corrected chi connectivity index (χ0v) is 8.34. The van der Waals surface area contributed by atoms with Crippen LogP contribution in [0.25, 0.3) is 0 Å². The van der Waals surface area contributed by atoms with Gasteiger partial charge < -0.3 is 0 Å². The second kappa shape index (κ2) is 3.55. The first-order valence-corrected chi connectivity index (χ1v) is 4.49. The molecule has 0 nitrogen and oxygen atoms in total. The van der Waals surface area contributed by atoms with Gasteiger partial charge in [0.25, 0.3) is 0 Å². The molecule has 0 amide bonds. The van der Waals surface area contributed by atoms with Crippen LogP contribution in [0.2, 0.25) is 0 Å². The molecule has 0 spiro atoms. The fourth-order valence-electron chi connectivity index (χ4n) is 0.859. The van der Waals surface area contributed by atoms with Gasteiger partial charge in [-0.3, -0.25) is 0 Å². The van der Waals surface area contributed by atoms with Crippen LogP contribution in [0.4, 0.5) is 4.39 Å². The molecule has 60 valence electrons. The van der Waals surface area contributed by atoms with Gasteiger partial charge in [0.2, 0.25) is 0 Å². The first kappa shape index (κ1) is 9.01. The summed E-state index contributed by atoms with van der Waals surface area (Å²) >= 11 is 8.90. The lowest BCUT2D eigenvalue weighted by atomic mass is 10.1. The largest absolute Gasteiger partial charge is 0.207 e. The summed E-state index contributed by atoms with van der Waals surface area (Å²) in [5, 5.41) is 0. The van der Waals surface area contributed by atoms with Crippen molar-refractivity contribution in [2.45, 2.75) is 12.8 Å². The summed E-state index contributed by atoms with van der Waals surface area (Å²) in [4.78, 5) is 0. The van der Waals surface area contributed by atoms with Crippen molar-refractivity contribution >= 4 is 27.5 Å². The lowest BCUT2D eigenvalue weighted by Gasteiger charge is -2.04. The molecule has 0 fully saturated rings. The van der Waals surface area contributed by atoms with Crippen LogP contribution in [0.15, 0.2) is 16.6 Å². The van der Waals surface area contributed by atoms with E-state index in [0.717, 1.165) is 10.0 Å². The zero-order valence-electron chi connectivity index (χ0n) is 6.00. The van der Waals surface area contributed by atoms with Crippen molar-refractivity contribution < 1.29 is 4.39 Å². The van der Waals surface area contributed by atoms with Crippen molar-refractivity contribution in [2.75, 3.05) is 0 Å². The van der Waals surface area contributed by atoms with E-state index >= 15 is 0 Å². The Morgan fingerprint density at radius 2 is 2.18 bits per heavy atom. The summed E-state index contributed by atoms with van der Waals surface area (Å²) in [6.45, 7) is 1.72. The Hall–Kier alpha value is -0.0800. The quantitative estimate of drug-likeness (QED) is 0.654. The fraction of sp³-hybridized carbons (Fsp3) is 0.250. The minimum absolute atomic E-state index is 0.205. The lowest BCUT2D eigenvalue weighted by molar-refractivity contribution is 0.616. The number of halogens is 3. The number of alkyl halides is 1. The minimum atomic E-state index is -0.205. The Morgan fingerprint density at radius 3 is 2.64 bits per heavy atom. The molecule has 0 N–H and O–H groups in total. The predicted molar refractivity (Wildman–Crippen MR) is 48.4 cm³/mol. The third-order valence-corrected chi connectivity index (χ3v) is 2.62. The Labute approximate surface area is 78.5 Å². The topological polar surface area (TPSA) is 0 Å². The Balaban J connectivity index is 3.29. The van der Waals surface area contributed by atoms with Gasteiger partial charge in [0, 0.05) is 10.4 Å². The number of hydrogen-bond donors (Lipinski definition) is 0. The molecule has 0 aliphatic rings. The monoisotopic (exact) mass is 236 g/mol. The van der Waals surface area contributed by atoms with Gasteiger partial charge in [-0.15, -0.1) is 11.6 Å². The molecule has 0 aliphatic carbocycles. The summed E-state index contributed by atoms with van der Waals surface area (Å²) in [5.41, 5.74) is 1.45. The van der Waals surface area contributed by atoms with Crippen LogP contribution in [-0.2, 0) is 5.88 Å². The maximum atomic E-state index is 12.9. The Morgan fingerprint density at radius 1 is 1.55 bits per heavy atom. The SMILES string of the molecule is Cc1c(F)ccc(Br)c1CCl. The highest BCUT2D eigenvalue weighted by atomic mass is 79.9. The van der Waals surface area contributed by atoms with E-state index in [-0.39, 0.29) is 5.82 Å². The third-order valence-electron chi connectivity index (χ3n) is 1.61. The van der Waals surface area contributed by atoms with Crippen LogP contribution in [0.1, 0.15) is 11.1 Å².